The Kier molecular flexibility index (Phi) is 6.05. The van der Waals surface area contributed by atoms with Crippen molar-refractivity contribution in [2.45, 2.75) is 37.7 Å². The van der Waals surface area contributed by atoms with Crippen LogP contribution in [0.2, 0.25) is 0 Å². The predicted octanol–water partition coefficient (Wildman–Crippen LogP) is 3.21. The van der Waals surface area contributed by atoms with E-state index in [-0.39, 0.29) is 0 Å². The zero-order valence-electron chi connectivity index (χ0n) is 11.2. The van der Waals surface area contributed by atoms with E-state index >= 15 is 0 Å². The van der Waals surface area contributed by atoms with Crippen molar-refractivity contribution in [2.24, 2.45) is 0 Å². The number of thioether (sulfide) groups is 1. The molecule has 18 heavy (non-hydrogen) atoms. The van der Waals surface area contributed by atoms with Crippen LogP contribution in [0.15, 0.2) is 24.3 Å². The maximum Gasteiger partial charge on any atom is 0.0713 e. The fourth-order valence-corrected chi connectivity index (χ4v) is 3.62. The molecule has 100 valence electrons. The first-order chi connectivity index (χ1) is 8.88. The maximum atomic E-state index is 5.16. The minimum atomic E-state index is 0.701. The lowest BCUT2D eigenvalue weighted by atomic mass is 10.1. The standard InChI is InChI=1S/C15H23NOS/c1-17-12-14-6-4-5-13(9-14)10-16-11-15-7-2-3-8-18-15/h4-6,9,15-16H,2-3,7-8,10-12H2,1H3. The molecule has 1 unspecified atom stereocenters. The van der Waals surface area contributed by atoms with Crippen molar-refractivity contribution in [1.29, 1.82) is 0 Å². The van der Waals surface area contributed by atoms with Gasteiger partial charge < -0.3 is 10.1 Å². The number of hydrogen-bond acceptors (Lipinski definition) is 3. The molecule has 1 aliphatic heterocycles. The first kappa shape index (κ1) is 13.9. The van der Waals surface area contributed by atoms with Gasteiger partial charge in [-0.25, -0.2) is 0 Å². The largest absolute Gasteiger partial charge is 0.380 e. The number of hydrogen-bond donors (Lipinski definition) is 1. The van der Waals surface area contributed by atoms with Crippen LogP contribution in [0, 0.1) is 0 Å². The molecule has 1 aliphatic rings. The van der Waals surface area contributed by atoms with E-state index in [2.05, 4.69) is 41.3 Å². The molecular formula is C15H23NOS. The maximum absolute atomic E-state index is 5.16. The van der Waals surface area contributed by atoms with E-state index in [1.54, 1.807) is 7.11 Å². The lowest BCUT2D eigenvalue weighted by Gasteiger charge is -2.21. The normalized spacial score (nSPS) is 19.9. The Morgan fingerprint density at radius 2 is 2.22 bits per heavy atom. The van der Waals surface area contributed by atoms with Gasteiger partial charge in [0.15, 0.2) is 0 Å². The van der Waals surface area contributed by atoms with Gasteiger partial charge in [-0.15, -0.1) is 0 Å². The Labute approximate surface area is 114 Å². The van der Waals surface area contributed by atoms with Gasteiger partial charge >= 0.3 is 0 Å². The van der Waals surface area contributed by atoms with E-state index in [1.807, 2.05) is 0 Å². The van der Waals surface area contributed by atoms with Crippen LogP contribution in [0.25, 0.3) is 0 Å². The molecule has 0 aromatic heterocycles. The Hall–Kier alpha value is -0.510. The summed E-state index contributed by atoms with van der Waals surface area (Å²) in [7, 11) is 1.74. The summed E-state index contributed by atoms with van der Waals surface area (Å²) in [5.74, 6) is 1.34. The average Bonchev–Trinajstić information content (AvgIpc) is 2.41. The van der Waals surface area contributed by atoms with E-state index in [1.165, 1.54) is 36.1 Å². The lowest BCUT2D eigenvalue weighted by molar-refractivity contribution is 0.185. The summed E-state index contributed by atoms with van der Waals surface area (Å²) in [6.07, 6.45) is 4.18. The predicted molar refractivity (Wildman–Crippen MR) is 79.0 cm³/mol. The highest BCUT2D eigenvalue weighted by molar-refractivity contribution is 7.99. The van der Waals surface area contributed by atoms with Crippen molar-refractivity contribution in [1.82, 2.24) is 5.32 Å². The highest BCUT2D eigenvalue weighted by Gasteiger charge is 2.12. The van der Waals surface area contributed by atoms with Crippen LogP contribution in [0.1, 0.15) is 30.4 Å². The second-order valence-corrected chi connectivity index (χ2v) is 6.28. The summed E-state index contributed by atoms with van der Waals surface area (Å²) in [6.45, 7) is 2.81. The average molecular weight is 265 g/mol. The van der Waals surface area contributed by atoms with Crippen molar-refractivity contribution in [3.05, 3.63) is 35.4 Å². The van der Waals surface area contributed by atoms with Gasteiger partial charge in [0, 0.05) is 25.4 Å². The third-order valence-corrected chi connectivity index (χ3v) is 4.68. The Bertz CT molecular complexity index is 350. The third kappa shape index (κ3) is 4.63. The molecule has 0 aliphatic carbocycles. The first-order valence-electron chi connectivity index (χ1n) is 6.77. The highest BCUT2D eigenvalue weighted by atomic mass is 32.2. The number of rotatable bonds is 6. The number of nitrogens with one attached hydrogen (secondary N) is 1. The molecular weight excluding hydrogens is 242 g/mol. The van der Waals surface area contributed by atoms with E-state index in [4.69, 9.17) is 4.74 Å². The molecule has 0 amide bonds. The molecule has 1 aromatic rings. The molecule has 1 N–H and O–H groups in total. The summed E-state index contributed by atoms with van der Waals surface area (Å²) in [6, 6.07) is 8.63. The van der Waals surface area contributed by atoms with E-state index in [0.717, 1.165) is 18.3 Å². The smallest absolute Gasteiger partial charge is 0.0713 e. The second-order valence-electron chi connectivity index (χ2n) is 4.87. The van der Waals surface area contributed by atoms with Crippen LogP contribution in [-0.4, -0.2) is 24.7 Å². The van der Waals surface area contributed by atoms with Crippen molar-refractivity contribution < 1.29 is 4.74 Å². The minimum absolute atomic E-state index is 0.701. The quantitative estimate of drug-likeness (QED) is 0.853. The molecule has 2 nitrogen and oxygen atoms in total. The zero-order valence-corrected chi connectivity index (χ0v) is 12.0. The molecule has 1 atom stereocenters. The van der Waals surface area contributed by atoms with Gasteiger partial charge in [0.1, 0.15) is 0 Å². The van der Waals surface area contributed by atoms with E-state index in [0.29, 0.717) is 6.61 Å². The zero-order chi connectivity index (χ0) is 12.6. The van der Waals surface area contributed by atoms with Crippen LogP contribution in [0.3, 0.4) is 0 Å². The van der Waals surface area contributed by atoms with Crippen LogP contribution in [0.4, 0.5) is 0 Å². The molecule has 2 rings (SSSR count). The van der Waals surface area contributed by atoms with Crippen LogP contribution < -0.4 is 5.32 Å². The topological polar surface area (TPSA) is 21.3 Å². The van der Waals surface area contributed by atoms with Gasteiger partial charge in [-0.2, -0.15) is 11.8 Å². The fourth-order valence-electron chi connectivity index (χ4n) is 2.34. The molecule has 1 fully saturated rings. The second kappa shape index (κ2) is 7.82. The Morgan fingerprint density at radius 3 is 3.00 bits per heavy atom. The summed E-state index contributed by atoms with van der Waals surface area (Å²) in [5.41, 5.74) is 2.61. The van der Waals surface area contributed by atoms with Gasteiger partial charge in [-0.1, -0.05) is 30.7 Å². The number of benzene rings is 1. The fraction of sp³-hybridized carbons (Fsp3) is 0.600. The lowest BCUT2D eigenvalue weighted by Crippen LogP contribution is -2.26. The molecule has 0 spiro atoms. The van der Waals surface area contributed by atoms with Crippen LogP contribution >= 0.6 is 11.8 Å². The summed E-state index contributed by atoms with van der Waals surface area (Å²) in [5, 5.41) is 4.40. The SMILES string of the molecule is COCc1cccc(CNCC2CCCCS2)c1. The van der Waals surface area contributed by atoms with Gasteiger partial charge in [0.25, 0.3) is 0 Å². The molecule has 0 saturated carbocycles. The monoisotopic (exact) mass is 265 g/mol. The summed E-state index contributed by atoms with van der Waals surface area (Å²) < 4.78 is 5.16. The van der Waals surface area contributed by atoms with E-state index in [9.17, 15) is 0 Å². The number of methoxy groups -OCH3 is 1. The van der Waals surface area contributed by atoms with Crippen molar-refractivity contribution in [3.63, 3.8) is 0 Å². The van der Waals surface area contributed by atoms with Crippen LogP contribution in [-0.2, 0) is 17.9 Å². The van der Waals surface area contributed by atoms with Crippen molar-refractivity contribution in [3.8, 4) is 0 Å². The van der Waals surface area contributed by atoms with Crippen molar-refractivity contribution in [2.75, 3.05) is 19.4 Å². The van der Waals surface area contributed by atoms with Gasteiger partial charge in [-0.3, -0.25) is 0 Å². The molecule has 1 saturated heterocycles. The highest BCUT2D eigenvalue weighted by Crippen LogP contribution is 2.24. The van der Waals surface area contributed by atoms with Crippen LogP contribution in [0.5, 0.6) is 0 Å². The first-order valence-corrected chi connectivity index (χ1v) is 7.82. The third-order valence-electron chi connectivity index (χ3n) is 3.28. The molecule has 0 bridgehead atoms. The Balaban J connectivity index is 1.73. The summed E-state index contributed by atoms with van der Waals surface area (Å²) in [4.78, 5) is 0. The molecule has 1 aromatic carbocycles. The molecule has 3 heteroatoms. The minimum Gasteiger partial charge on any atom is -0.380 e. The Morgan fingerprint density at radius 1 is 1.33 bits per heavy atom. The summed E-state index contributed by atoms with van der Waals surface area (Å²) >= 11 is 2.13. The van der Waals surface area contributed by atoms with Crippen molar-refractivity contribution >= 4 is 11.8 Å². The van der Waals surface area contributed by atoms with Gasteiger partial charge in [-0.05, 0) is 29.7 Å². The van der Waals surface area contributed by atoms with Gasteiger partial charge in [0.05, 0.1) is 6.61 Å². The molecule has 1 heterocycles. The van der Waals surface area contributed by atoms with E-state index < -0.39 is 0 Å². The van der Waals surface area contributed by atoms with Gasteiger partial charge in [0.2, 0.25) is 0 Å². The number of ether oxygens (including phenoxy) is 1. The molecule has 0 radical (unpaired) electrons.